The minimum absolute atomic E-state index is 0.0638. The van der Waals surface area contributed by atoms with Crippen molar-refractivity contribution in [2.45, 2.75) is 38.3 Å². The normalized spacial score (nSPS) is 34.7. The smallest absolute Gasteiger partial charge is 0.0682 e. The molecule has 0 spiro atoms. The maximum absolute atomic E-state index is 9.56. The molecule has 2 heterocycles. The fourth-order valence-electron chi connectivity index (χ4n) is 2.67. The van der Waals surface area contributed by atoms with Crippen LogP contribution in [0.2, 0.25) is 0 Å². The average Bonchev–Trinajstić information content (AvgIpc) is 2.54. The highest BCUT2D eigenvalue weighted by atomic mass is 16.3. The third-order valence-corrected chi connectivity index (χ3v) is 3.51. The molecule has 82 valence electrons. The Morgan fingerprint density at radius 3 is 2.93 bits per heavy atom. The van der Waals surface area contributed by atoms with Gasteiger partial charge < -0.3 is 10.0 Å². The molecule has 2 aliphatic rings. The Morgan fingerprint density at radius 1 is 1.29 bits per heavy atom. The minimum atomic E-state index is -0.0638. The van der Waals surface area contributed by atoms with E-state index >= 15 is 0 Å². The molecule has 14 heavy (non-hydrogen) atoms. The van der Waals surface area contributed by atoms with E-state index in [1.54, 1.807) is 0 Å². The summed E-state index contributed by atoms with van der Waals surface area (Å²) in [6.07, 6.45) is 3.52. The van der Waals surface area contributed by atoms with Crippen LogP contribution in [0.15, 0.2) is 0 Å². The molecule has 0 amide bonds. The lowest BCUT2D eigenvalue weighted by atomic mass is 10.1. The molecule has 0 aromatic rings. The first-order valence-corrected chi connectivity index (χ1v) is 5.94. The zero-order valence-electron chi connectivity index (χ0n) is 9.15. The van der Waals surface area contributed by atoms with Crippen LogP contribution in [0, 0.1) is 0 Å². The predicted octanol–water partition coefficient (Wildman–Crippen LogP) is 0.537. The molecule has 2 rings (SSSR count). The van der Waals surface area contributed by atoms with Crippen molar-refractivity contribution in [3.05, 3.63) is 0 Å². The summed E-state index contributed by atoms with van der Waals surface area (Å²) < 4.78 is 0. The molecule has 1 N–H and O–H groups in total. The van der Waals surface area contributed by atoms with Crippen LogP contribution in [0.25, 0.3) is 0 Å². The van der Waals surface area contributed by atoms with Gasteiger partial charge in [0.25, 0.3) is 0 Å². The second-order valence-electron chi connectivity index (χ2n) is 4.69. The van der Waals surface area contributed by atoms with Gasteiger partial charge in [-0.2, -0.15) is 0 Å². The van der Waals surface area contributed by atoms with E-state index in [1.807, 2.05) is 0 Å². The summed E-state index contributed by atoms with van der Waals surface area (Å²) in [6, 6.07) is 0.635. The molecule has 2 atom stereocenters. The third kappa shape index (κ3) is 2.27. The van der Waals surface area contributed by atoms with Crippen molar-refractivity contribution in [1.29, 1.82) is 0 Å². The van der Waals surface area contributed by atoms with E-state index in [0.717, 1.165) is 19.5 Å². The molecule has 0 aliphatic carbocycles. The maximum Gasteiger partial charge on any atom is 0.0682 e. The number of unbranched alkanes of at least 4 members (excludes halogenated alkanes) is 1. The van der Waals surface area contributed by atoms with Gasteiger partial charge in [-0.1, -0.05) is 13.3 Å². The Morgan fingerprint density at radius 2 is 2.14 bits per heavy atom. The summed E-state index contributed by atoms with van der Waals surface area (Å²) in [4.78, 5) is 5.01. The van der Waals surface area contributed by atoms with Crippen molar-refractivity contribution >= 4 is 0 Å². The Kier molecular flexibility index (Phi) is 3.42. The first-order valence-electron chi connectivity index (χ1n) is 5.94. The summed E-state index contributed by atoms with van der Waals surface area (Å²) in [5.41, 5.74) is 0. The van der Waals surface area contributed by atoms with E-state index in [-0.39, 0.29) is 6.10 Å². The van der Waals surface area contributed by atoms with Crippen LogP contribution in [0.4, 0.5) is 0 Å². The van der Waals surface area contributed by atoms with E-state index < -0.39 is 0 Å². The molecular formula is C11H22N2O. The molecule has 2 aliphatic heterocycles. The lowest BCUT2D eigenvalue weighted by Crippen LogP contribution is -2.50. The van der Waals surface area contributed by atoms with Gasteiger partial charge in [0.1, 0.15) is 0 Å². The van der Waals surface area contributed by atoms with Crippen LogP contribution in [0.5, 0.6) is 0 Å². The van der Waals surface area contributed by atoms with Gasteiger partial charge in [-0.3, -0.25) is 4.90 Å². The Bertz CT molecular complexity index is 186. The quantitative estimate of drug-likeness (QED) is 0.717. The molecule has 0 aromatic carbocycles. The highest BCUT2D eigenvalue weighted by Crippen LogP contribution is 2.21. The van der Waals surface area contributed by atoms with Crippen molar-refractivity contribution in [3.63, 3.8) is 0 Å². The average molecular weight is 198 g/mol. The second kappa shape index (κ2) is 4.60. The fourth-order valence-corrected chi connectivity index (χ4v) is 2.67. The summed E-state index contributed by atoms with van der Waals surface area (Å²) in [5.74, 6) is 0. The lowest BCUT2D eigenvalue weighted by molar-refractivity contribution is 0.101. The number of aliphatic hydroxyl groups excluding tert-OH is 1. The molecule has 0 saturated carbocycles. The molecule has 2 fully saturated rings. The van der Waals surface area contributed by atoms with Gasteiger partial charge >= 0.3 is 0 Å². The van der Waals surface area contributed by atoms with Crippen LogP contribution in [-0.2, 0) is 0 Å². The molecule has 2 saturated heterocycles. The van der Waals surface area contributed by atoms with Crippen molar-refractivity contribution in [2.75, 3.05) is 32.7 Å². The summed E-state index contributed by atoms with van der Waals surface area (Å²) in [5, 5.41) is 9.56. The van der Waals surface area contributed by atoms with Gasteiger partial charge in [0, 0.05) is 32.2 Å². The first-order chi connectivity index (χ1) is 6.79. The van der Waals surface area contributed by atoms with Crippen LogP contribution in [0.3, 0.4) is 0 Å². The van der Waals surface area contributed by atoms with Crippen LogP contribution in [-0.4, -0.2) is 59.8 Å². The number of rotatable bonds is 3. The van der Waals surface area contributed by atoms with Gasteiger partial charge in [0.15, 0.2) is 0 Å². The standard InChI is InChI=1S/C11H22N2O/c1-2-3-4-12-5-6-13-9-11(14)7-10(13)8-12/h10-11,14H,2-9H2,1H3/t10-,11+/m0/s1. The predicted molar refractivity (Wildman–Crippen MR) is 57.3 cm³/mol. The van der Waals surface area contributed by atoms with Crippen molar-refractivity contribution in [1.82, 2.24) is 9.80 Å². The highest BCUT2D eigenvalue weighted by Gasteiger charge is 2.34. The molecule has 0 radical (unpaired) electrons. The SMILES string of the molecule is CCCCN1CCN2C[C@H](O)C[C@H]2C1. The van der Waals surface area contributed by atoms with E-state index in [1.165, 1.54) is 32.5 Å². The van der Waals surface area contributed by atoms with Gasteiger partial charge in [-0.25, -0.2) is 0 Å². The van der Waals surface area contributed by atoms with Crippen LogP contribution < -0.4 is 0 Å². The highest BCUT2D eigenvalue weighted by molar-refractivity contribution is 4.90. The number of fused-ring (bicyclic) bond motifs is 1. The Hall–Kier alpha value is -0.120. The van der Waals surface area contributed by atoms with Crippen molar-refractivity contribution < 1.29 is 5.11 Å². The molecule has 0 bridgehead atoms. The number of piperazine rings is 1. The van der Waals surface area contributed by atoms with E-state index in [4.69, 9.17) is 0 Å². The number of hydrogen-bond donors (Lipinski definition) is 1. The summed E-state index contributed by atoms with van der Waals surface area (Å²) >= 11 is 0. The largest absolute Gasteiger partial charge is 0.392 e. The Balaban J connectivity index is 1.79. The van der Waals surface area contributed by atoms with Crippen molar-refractivity contribution in [2.24, 2.45) is 0 Å². The fraction of sp³-hybridized carbons (Fsp3) is 1.00. The molecule has 3 heteroatoms. The van der Waals surface area contributed by atoms with E-state index in [2.05, 4.69) is 16.7 Å². The molecular weight excluding hydrogens is 176 g/mol. The van der Waals surface area contributed by atoms with E-state index in [0.29, 0.717) is 6.04 Å². The molecule has 0 aromatic heterocycles. The van der Waals surface area contributed by atoms with Gasteiger partial charge in [0.2, 0.25) is 0 Å². The third-order valence-electron chi connectivity index (χ3n) is 3.51. The van der Waals surface area contributed by atoms with Gasteiger partial charge in [-0.05, 0) is 19.4 Å². The molecule has 0 unspecified atom stereocenters. The first kappa shape index (κ1) is 10.4. The van der Waals surface area contributed by atoms with Gasteiger partial charge in [0.05, 0.1) is 6.10 Å². The molecule has 3 nitrogen and oxygen atoms in total. The van der Waals surface area contributed by atoms with Crippen molar-refractivity contribution in [3.8, 4) is 0 Å². The number of nitrogens with zero attached hydrogens (tertiary/aromatic N) is 2. The zero-order chi connectivity index (χ0) is 9.97. The van der Waals surface area contributed by atoms with Gasteiger partial charge in [-0.15, -0.1) is 0 Å². The number of aliphatic hydroxyl groups is 1. The topological polar surface area (TPSA) is 26.7 Å². The van der Waals surface area contributed by atoms with Crippen LogP contribution in [0.1, 0.15) is 26.2 Å². The Labute approximate surface area is 86.7 Å². The van der Waals surface area contributed by atoms with E-state index in [9.17, 15) is 5.11 Å². The number of hydrogen-bond acceptors (Lipinski definition) is 3. The second-order valence-corrected chi connectivity index (χ2v) is 4.69. The monoisotopic (exact) mass is 198 g/mol. The summed E-state index contributed by atoms with van der Waals surface area (Å²) in [6.45, 7) is 7.94. The lowest BCUT2D eigenvalue weighted by Gasteiger charge is -2.37. The minimum Gasteiger partial charge on any atom is -0.392 e. The van der Waals surface area contributed by atoms with Crippen LogP contribution >= 0.6 is 0 Å². The summed E-state index contributed by atoms with van der Waals surface area (Å²) in [7, 11) is 0. The maximum atomic E-state index is 9.56. The zero-order valence-corrected chi connectivity index (χ0v) is 9.15.